The van der Waals surface area contributed by atoms with E-state index in [1.54, 1.807) is 52.7 Å². The molecule has 8 heteroatoms. The highest BCUT2D eigenvalue weighted by Gasteiger charge is 2.10. The van der Waals surface area contributed by atoms with Gasteiger partial charge in [0.05, 0.1) is 0 Å². The van der Waals surface area contributed by atoms with E-state index in [0.717, 1.165) is 12.8 Å². The van der Waals surface area contributed by atoms with Gasteiger partial charge in [0, 0.05) is 65.5 Å². The molecular weight excluding hydrogens is 364 g/mol. The minimum Gasteiger partial charge on any atom is -0.356 e. The normalized spacial score (nSPS) is 11.1. The summed E-state index contributed by atoms with van der Waals surface area (Å²) in [6, 6.07) is 6.57. The third-order valence-corrected chi connectivity index (χ3v) is 4.27. The highest BCUT2D eigenvalue weighted by molar-refractivity contribution is 5.97. The van der Waals surface area contributed by atoms with Gasteiger partial charge in [0.2, 0.25) is 0 Å². The van der Waals surface area contributed by atoms with E-state index < -0.39 is 0 Å². The predicted octanol–water partition coefficient (Wildman–Crippen LogP) is 1.94. The van der Waals surface area contributed by atoms with Gasteiger partial charge in [0.25, 0.3) is 11.8 Å². The number of methoxy groups -OCH3 is 4. The van der Waals surface area contributed by atoms with Crippen molar-refractivity contribution in [2.45, 2.75) is 38.3 Å². The van der Waals surface area contributed by atoms with Crippen LogP contribution in [0.5, 0.6) is 0 Å². The molecule has 0 heterocycles. The molecule has 0 aliphatic carbocycles. The van der Waals surface area contributed by atoms with Crippen molar-refractivity contribution in [2.24, 2.45) is 0 Å². The van der Waals surface area contributed by atoms with Crippen molar-refractivity contribution < 1.29 is 28.5 Å². The quantitative estimate of drug-likeness (QED) is 0.369. The van der Waals surface area contributed by atoms with Gasteiger partial charge in [-0.2, -0.15) is 0 Å². The first-order chi connectivity index (χ1) is 13.5. The van der Waals surface area contributed by atoms with Crippen LogP contribution in [0, 0.1) is 0 Å². The first kappa shape index (κ1) is 24.0. The maximum Gasteiger partial charge on any atom is 0.251 e. The van der Waals surface area contributed by atoms with E-state index in [4.69, 9.17) is 18.9 Å². The van der Waals surface area contributed by atoms with Gasteiger partial charge in [-0.3, -0.25) is 9.59 Å². The Kier molecular flexibility index (Phi) is 12.1. The van der Waals surface area contributed by atoms with Gasteiger partial charge in [-0.1, -0.05) is 0 Å². The van der Waals surface area contributed by atoms with Gasteiger partial charge >= 0.3 is 0 Å². The van der Waals surface area contributed by atoms with Crippen LogP contribution in [0.4, 0.5) is 0 Å². The number of hydrogen-bond donors (Lipinski definition) is 2. The topological polar surface area (TPSA) is 95.1 Å². The Hall–Kier alpha value is -2.00. The molecule has 158 valence electrons. The molecule has 1 aromatic rings. The van der Waals surface area contributed by atoms with Crippen LogP contribution in [0.15, 0.2) is 24.3 Å². The summed E-state index contributed by atoms with van der Waals surface area (Å²) in [6.07, 6.45) is 2.36. The maximum absolute atomic E-state index is 12.1. The minimum absolute atomic E-state index is 0.177. The summed E-state index contributed by atoms with van der Waals surface area (Å²) in [6.45, 7) is 1.04. The van der Waals surface area contributed by atoms with Gasteiger partial charge in [0.15, 0.2) is 12.6 Å². The van der Waals surface area contributed by atoms with Crippen molar-refractivity contribution in [3.8, 4) is 0 Å². The van der Waals surface area contributed by atoms with Gasteiger partial charge < -0.3 is 29.6 Å². The predicted molar refractivity (Wildman–Crippen MR) is 105 cm³/mol. The molecule has 2 N–H and O–H groups in total. The summed E-state index contributed by atoms with van der Waals surface area (Å²) in [4.78, 5) is 24.3. The smallest absolute Gasteiger partial charge is 0.251 e. The van der Waals surface area contributed by atoms with Crippen molar-refractivity contribution in [2.75, 3.05) is 41.5 Å². The molecule has 1 aromatic carbocycles. The van der Waals surface area contributed by atoms with E-state index >= 15 is 0 Å². The number of carbonyl (C=O) groups is 2. The molecule has 0 aliphatic rings. The molecule has 0 unspecified atom stereocenters. The first-order valence-corrected chi connectivity index (χ1v) is 9.33. The lowest BCUT2D eigenvalue weighted by atomic mass is 10.1. The minimum atomic E-state index is -0.260. The Balaban J connectivity index is 2.35. The summed E-state index contributed by atoms with van der Waals surface area (Å²) in [5.41, 5.74) is 1.02. The third kappa shape index (κ3) is 8.79. The van der Waals surface area contributed by atoms with Crippen LogP contribution < -0.4 is 10.6 Å². The molecule has 0 aliphatic heterocycles. The van der Waals surface area contributed by atoms with Crippen molar-refractivity contribution >= 4 is 11.8 Å². The highest BCUT2D eigenvalue weighted by Crippen LogP contribution is 2.06. The summed E-state index contributed by atoms with van der Waals surface area (Å²) >= 11 is 0. The summed E-state index contributed by atoms with van der Waals surface area (Å²) in [7, 11) is 6.33. The Labute approximate surface area is 166 Å². The van der Waals surface area contributed by atoms with Gasteiger partial charge in [-0.15, -0.1) is 0 Å². The second-order valence-corrected chi connectivity index (χ2v) is 6.18. The second kappa shape index (κ2) is 14.1. The van der Waals surface area contributed by atoms with E-state index in [9.17, 15) is 9.59 Å². The monoisotopic (exact) mass is 396 g/mol. The van der Waals surface area contributed by atoms with E-state index in [0.29, 0.717) is 37.1 Å². The molecule has 0 atom stereocenters. The average molecular weight is 396 g/mol. The maximum atomic E-state index is 12.1. The van der Waals surface area contributed by atoms with Crippen LogP contribution >= 0.6 is 0 Å². The number of carbonyl (C=O) groups excluding carboxylic acids is 2. The molecule has 0 bridgehead atoms. The SMILES string of the molecule is COC(CCCNC(=O)c1ccc(C(=O)NCCCC(OC)OC)cc1)OC. The fraction of sp³-hybridized carbons (Fsp3) is 0.600. The molecule has 0 aromatic heterocycles. The summed E-state index contributed by atoms with van der Waals surface area (Å²) < 4.78 is 20.4. The van der Waals surface area contributed by atoms with E-state index in [1.165, 1.54) is 0 Å². The first-order valence-electron chi connectivity index (χ1n) is 9.33. The van der Waals surface area contributed by atoms with Gasteiger partial charge in [-0.05, 0) is 37.1 Å². The van der Waals surface area contributed by atoms with E-state index in [-0.39, 0.29) is 24.4 Å². The van der Waals surface area contributed by atoms with Crippen molar-refractivity contribution in [1.29, 1.82) is 0 Å². The molecule has 0 spiro atoms. The zero-order valence-corrected chi connectivity index (χ0v) is 17.2. The van der Waals surface area contributed by atoms with Crippen LogP contribution in [0.3, 0.4) is 0 Å². The van der Waals surface area contributed by atoms with Gasteiger partial charge in [0.1, 0.15) is 0 Å². The molecular formula is C20H32N2O6. The Morgan fingerprint density at radius 2 is 1.04 bits per heavy atom. The number of benzene rings is 1. The molecule has 0 saturated heterocycles. The number of hydrogen-bond acceptors (Lipinski definition) is 6. The zero-order chi connectivity index (χ0) is 20.8. The van der Waals surface area contributed by atoms with Crippen LogP contribution in [-0.2, 0) is 18.9 Å². The van der Waals surface area contributed by atoms with Crippen LogP contribution in [0.1, 0.15) is 46.4 Å². The molecule has 0 fully saturated rings. The number of ether oxygens (including phenoxy) is 4. The van der Waals surface area contributed by atoms with Crippen LogP contribution in [-0.4, -0.2) is 65.9 Å². The molecule has 0 radical (unpaired) electrons. The number of rotatable bonds is 14. The average Bonchev–Trinajstić information content (AvgIpc) is 2.73. The van der Waals surface area contributed by atoms with Crippen molar-refractivity contribution in [3.05, 3.63) is 35.4 Å². The lowest BCUT2D eigenvalue weighted by Gasteiger charge is -2.13. The van der Waals surface area contributed by atoms with Crippen molar-refractivity contribution in [3.63, 3.8) is 0 Å². The summed E-state index contributed by atoms with van der Waals surface area (Å²) in [5.74, 6) is -0.355. The lowest BCUT2D eigenvalue weighted by Crippen LogP contribution is -2.27. The van der Waals surface area contributed by atoms with E-state index in [2.05, 4.69) is 10.6 Å². The molecule has 8 nitrogen and oxygen atoms in total. The molecule has 28 heavy (non-hydrogen) atoms. The Bertz CT molecular complexity index is 520. The number of nitrogens with one attached hydrogen (secondary N) is 2. The summed E-state index contributed by atoms with van der Waals surface area (Å²) in [5, 5.41) is 5.68. The van der Waals surface area contributed by atoms with Crippen LogP contribution in [0.25, 0.3) is 0 Å². The third-order valence-electron chi connectivity index (χ3n) is 4.27. The largest absolute Gasteiger partial charge is 0.356 e. The van der Waals surface area contributed by atoms with Crippen LogP contribution in [0.2, 0.25) is 0 Å². The Morgan fingerprint density at radius 1 is 0.714 bits per heavy atom. The molecule has 0 saturated carbocycles. The zero-order valence-electron chi connectivity index (χ0n) is 17.2. The highest BCUT2D eigenvalue weighted by atomic mass is 16.7. The van der Waals surface area contributed by atoms with E-state index in [1.807, 2.05) is 0 Å². The van der Waals surface area contributed by atoms with Crippen molar-refractivity contribution in [1.82, 2.24) is 10.6 Å². The fourth-order valence-corrected chi connectivity index (χ4v) is 2.58. The Morgan fingerprint density at radius 3 is 1.32 bits per heavy atom. The number of amides is 2. The lowest BCUT2D eigenvalue weighted by molar-refractivity contribution is -0.106. The molecule has 2 amide bonds. The fourth-order valence-electron chi connectivity index (χ4n) is 2.58. The van der Waals surface area contributed by atoms with Gasteiger partial charge in [-0.25, -0.2) is 0 Å². The molecule has 1 rings (SSSR count). The standard InChI is InChI=1S/C20H32N2O6/c1-25-17(26-2)7-5-13-21-19(23)15-9-11-16(12-10-15)20(24)22-14-6-8-18(27-3)28-4/h9-12,17-18H,5-8,13-14H2,1-4H3,(H,21,23)(H,22,24). The second-order valence-electron chi connectivity index (χ2n) is 6.18.